The minimum absolute atomic E-state index is 0.00808. The second kappa shape index (κ2) is 5.71. The summed E-state index contributed by atoms with van der Waals surface area (Å²) in [5.74, 6) is -0.468. The highest BCUT2D eigenvalue weighted by Gasteiger charge is 2.19. The lowest BCUT2D eigenvalue weighted by atomic mass is 10.3. The van der Waals surface area contributed by atoms with Crippen molar-refractivity contribution in [1.82, 2.24) is 0 Å². The van der Waals surface area contributed by atoms with Crippen molar-refractivity contribution in [3.05, 3.63) is 51.2 Å². The Bertz CT molecular complexity index is 766. The lowest BCUT2D eigenvalue weighted by Crippen LogP contribution is -2.14. The molecule has 2 aromatic carbocycles. The number of nitrogens with two attached hydrogens (primary N) is 1. The Morgan fingerprint density at radius 3 is 2.40 bits per heavy atom. The van der Waals surface area contributed by atoms with Gasteiger partial charge in [0.05, 0.1) is 5.69 Å². The molecule has 0 saturated heterocycles. The first kappa shape index (κ1) is 15.3. The summed E-state index contributed by atoms with van der Waals surface area (Å²) < 4.78 is 40.7. The van der Waals surface area contributed by atoms with Gasteiger partial charge in [0.2, 0.25) is 0 Å². The topological polar surface area (TPSA) is 72.2 Å². The molecule has 0 spiro atoms. The Balaban J connectivity index is 2.43. The third kappa shape index (κ3) is 3.31. The monoisotopic (exact) mass is 422 g/mol. The third-order valence-corrected chi connectivity index (χ3v) is 5.44. The molecule has 2 rings (SSSR count). The van der Waals surface area contributed by atoms with Crippen molar-refractivity contribution >= 4 is 53.3 Å². The van der Waals surface area contributed by atoms with Crippen LogP contribution in [0, 0.1) is 5.82 Å². The Labute approximate surface area is 132 Å². The number of rotatable bonds is 3. The molecule has 0 saturated carbocycles. The van der Waals surface area contributed by atoms with Gasteiger partial charge in [0.25, 0.3) is 10.0 Å². The Kier molecular flexibility index (Phi) is 4.36. The number of nitrogen functional groups attached to an aromatic ring is 1. The van der Waals surface area contributed by atoms with E-state index in [4.69, 9.17) is 5.73 Å². The summed E-state index contributed by atoms with van der Waals surface area (Å²) in [7, 11) is -3.83. The molecule has 0 aliphatic carbocycles. The lowest BCUT2D eigenvalue weighted by Gasteiger charge is -2.11. The minimum atomic E-state index is -3.83. The van der Waals surface area contributed by atoms with E-state index in [9.17, 15) is 12.8 Å². The molecule has 4 nitrogen and oxygen atoms in total. The van der Waals surface area contributed by atoms with Crippen molar-refractivity contribution in [1.29, 1.82) is 0 Å². The first-order valence-corrected chi connectivity index (χ1v) is 8.39. The number of anilines is 2. The van der Waals surface area contributed by atoms with E-state index in [-0.39, 0.29) is 10.6 Å². The van der Waals surface area contributed by atoms with Crippen LogP contribution in [0.2, 0.25) is 0 Å². The standard InChI is InChI=1S/C12H9Br2FN2O2S/c13-9-3-2-8(16)6-12(9)20(18,19)17-11-4-1-7(15)5-10(11)14/h1-6,17H,16H2. The number of sulfonamides is 1. The van der Waals surface area contributed by atoms with Crippen LogP contribution < -0.4 is 10.5 Å². The highest BCUT2D eigenvalue weighted by Crippen LogP contribution is 2.29. The van der Waals surface area contributed by atoms with Crippen molar-refractivity contribution in [2.75, 3.05) is 10.5 Å². The molecule has 0 aliphatic rings. The number of benzene rings is 2. The van der Waals surface area contributed by atoms with Gasteiger partial charge in [0.1, 0.15) is 10.7 Å². The normalized spacial score (nSPS) is 11.3. The van der Waals surface area contributed by atoms with Crippen LogP contribution in [0.15, 0.2) is 50.2 Å². The van der Waals surface area contributed by atoms with Crippen LogP contribution >= 0.6 is 31.9 Å². The summed E-state index contributed by atoms with van der Waals surface area (Å²) in [6.45, 7) is 0. The van der Waals surface area contributed by atoms with Gasteiger partial charge in [-0.05, 0) is 68.3 Å². The van der Waals surface area contributed by atoms with Gasteiger partial charge < -0.3 is 5.73 Å². The van der Waals surface area contributed by atoms with Crippen molar-refractivity contribution < 1.29 is 12.8 Å². The molecule has 0 amide bonds. The summed E-state index contributed by atoms with van der Waals surface area (Å²) in [6, 6.07) is 8.13. The maximum atomic E-state index is 13.0. The van der Waals surface area contributed by atoms with Crippen LogP contribution in [-0.4, -0.2) is 8.42 Å². The molecule has 0 fully saturated rings. The van der Waals surface area contributed by atoms with Crippen LogP contribution in [0.3, 0.4) is 0 Å². The second-order valence-corrected chi connectivity index (χ2v) is 7.28. The maximum Gasteiger partial charge on any atom is 0.263 e. The molecule has 3 N–H and O–H groups in total. The molecule has 0 heterocycles. The number of nitrogens with one attached hydrogen (secondary N) is 1. The summed E-state index contributed by atoms with van der Waals surface area (Å²) in [5.41, 5.74) is 6.16. The van der Waals surface area contributed by atoms with Crippen LogP contribution in [0.4, 0.5) is 15.8 Å². The van der Waals surface area contributed by atoms with Gasteiger partial charge >= 0.3 is 0 Å². The Morgan fingerprint density at radius 2 is 1.75 bits per heavy atom. The van der Waals surface area contributed by atoms with Gasteiger partial charge in [-0.1, -0.05) is 0 Å². The van der Waals surface area contributed by atoms with Gasteiger partial charge in [-0.2, -0.15) is 0 Å². The molecule has 0 unspecified atom stereocenters. The zero-order valence-electron chi connectivity index (χ0n) is 9.90. The average Bonchev–Trinajstić information content (AvgIpc) is 2.35. The van der Waals surface area contributed by atoms with E-state index in [2.05, 4.69) is 36.6 Å². The van der Waals surface area contributed by atoms with E-state index in [1.807, 2.05) is 0 Å². The molecule has 2 aromatic rings. The summed E-state index contributed by atoms with van der Waals surface area (Å²) in [5, 5.41) is 0. The van der Waals surface area contributed by atoms with Crippen molar-refractivity contribution in [3.63, 3.8) is 0 Å². The van der Waals surface area contributed by atoms with Gasteiger partial charge in [0, 0.05) is 14.6 Å². The molecule has 106 valence electrons. The molecular weight excluding hydrogens is 415 g/mol. The smallest absolute Gasteiger partial charge is 0.263 e. The van der Waals surface area contributed by atoms with E-state index >= 15 is 0 Å². The van der Waals surface area contributed by atoms with Crippen molar-refractivity contribution in [3.8, 4) is 0 Å². The molecule has 0 atom stereocenters. The van der Waals surface area contributed by atoms with Gasteiger partial charge in [-0.25, -0.2) is 12.8 Å². The van der Waals surface area contributed by atoms with Crippen LogP contribution in [0.25, 0.3) is 0 Å². The third-order valence-electron chi connectivity index (χ3n) is 2.42. The van der Waals surface area contributed by atoms with E-state index in [1.54, 1.807) is 12.1 Å². The molecule has 0 radical (unpaired) electrons. The average molecular weight is 424 g/mol. The van der Waals surface area contributed by atoms with Gasteiger partial charge in [-0.15, -0.1) is 0 Å². The molecule has 20 heavy (non-hydrogen) atoms. The van der Waals surface area contributed by atoms with E-state index < -0.39 is 15.8 Å². The fourth-order valence-electron chi connectivity index (χ4n) is 1.50. The van der Waals surface area contributed by atoms with Crippen molar-refractivity contribution in [2.24, 2.45) is 0 Å². The summed E-state index contributed by atoms with van der Waals surface area (Å²) in [6.07, 6.45) is 0. The first-order valence-electron chi connectivity index (χ1n) is 5.32. The summed E-state index contributed by atoms with van der Waals surface area (Å²) >= 11 is 6.27. The number of hydrogen-bond acceptors (Lipinski definition) is 3. The van der Waals surface area contributed by atoms with Crippen LogP contribution in [-0.2, 0) is 10.0 Å². The zero-order chi connectivity index (χ0) is 14.9. The van der Waals surface area contributed by atoms with Crippen LogP contribution in [0.5, 0.6) is 0 Å². The molecule has 0 aromatic heterocycles. The highest BCUT2D eigenvalue weighted by atomic mass is 79.9. The van der Waals surface area contributed by atoms with E-state index in [0.717, 1.165) is 6.07 Å². The zero-order valence-corrected chi connectivity index (χ0v) is 13.9. The predicted octanol–water partition coefficient (Wildman–Crippen LogP) is 3.73. The van der Waals surface area contributed by atoms with E-state index in [0.29, 0.717) is 14.6 Å². The molecule has 8 heteroatoms. The minimum Gasteiger partial charge on any atom is -0.399 e. The molecular formula is C12H9Br2FN2O2S. The van der Waals surface area contributed by atoms with Gasteiger partial charge in [0.15, 0.2) is 0 Å². The Morgan fingerprint density at radius 1 is 1.05 bits per heavy atom. The quantitative estimate of drug-likeness (QED) is 0.738. The first-order chi connectivity index (χ1) is 9.29. The number of hydrogen-bond donors (Lipinski definition) is 2. The second-order valence-electron chi connectivity index (χ2n) is 3.92. The fourth-order valence-corrected chi connectivity index (χ4v) is 4.16. The SMILES string of the molecule is Nc1ccc(Br)c(S(=O)(=O)Nc2ccc(F)cc2Br)c1. The Hall–Kier alpha value is -1.12. The molecule has 0 bridgehead atoms. The highest BCUT2D eigenvalue weighted by molar-refractivity contribution is 9.11. The lowest BCUT2D eigenvalue weighted by molar-refractivity contribution is 0.600. The number of halogens is 3. The summed E-state index contributed by atoms with van der Waals surface area (Å²) in [4.78, 5) is 0.00808. The van der Waals surface area contributed by atoms with Crippen molar-refractivity contribution in [2.45, 2.75) is 4.90 Å². The van der Waals surface area contributed by atoms with Crippen LogP contribution in [0.1, 0.15) is 0 Å². The molecule has 0 aliphatic heterocycles. The van der Waals surface area contributed by atoms with E-state index in [1.165, 1.54) is 18.2 Å². The van der Waals surface area contributed by atoms with Gasteiger partial charge in [-0.3, -0.25) is 4.72 Å². The predicted molar refractivity (Wildman–Crippen MR) is 83.5 cm³/mol. The largest absolute Gasteiger partial charge is 0.399 e. The maximum absolute atomic E-state index is 13.0. The fraction of sp³-hybridized carbons (Fsp3) is 0.